The number of furan rings is 1. The SMILES string of the molecule is CC1C=Cc2oc3c(c2C=C1)=CC=CC(C)(c1ccccc1)C=3. The Hall–Kier alpha value is -2.54. The lowest BCUT2D eigenvalue weighted by molar-refractivity contribution is 0.516. The van der Waals surface area contributed by atoms with Gasteiger partial charge in [0.2, 0.25) is 0 Å². The molecule has 0 radical (unpaired) electrons. The van der Waals surface area contributed by atoms with Gasteiger partial charge in [-0.15, -0.1) is 0 Å². The van der Waals surface area contributed by atoms with Crippen molar-refractivity contribution in [3.05, 3.63) is 82.2 Å². The van der Waals surface area contributed by atoms with Crippen LogP contribution in [-0.2, 0) is 5.41 Å². The van der Waals surface area contributed by atoms with E-state index in [4.69, 9.17) is 4.42 Å². The Morgan fingerprint density at radius 2 is 1.83 bits per heavy atom. The van der Waals surface area contributed by atoms with Gasteiger partial charge in [0.25, 0.3) is 0 Å². The van der Waals surface area contributed by atoms with Gasteiger partial charge in [-0.1, -0.05) is 73.7 Å². The third-order valence-corrected chi connectivity index (χ3v) is 4.69. The van der Waals surface area contributed by atoms with Crippen LogP contribution in [-0.4, -0.2) is 0 Å². The summed E-state index contributed by atoms with van der Waals surface area (Å²) in [5.41, 5.74) is 3.23. The van der Waals surface area contributed by atoms with Crippen LogP contribution < -0.4 is 10.6 Å². The van der Waals surface area contributed by atoms with E-state index in [0.717, 1.165) is 11.2 Å². The van der Waals surface area contributed by atoms with Crippen molar-refractivity contribution in [3.8, 4) is 0 Å². The van der Waals surface area contributed by atoms with Crippen molar-refractivity contribution in [2.45, 2.75) is 19.3 Å². The van der Waals surface area contributed by atoms with Crippen LogP contribution in [0.3, 0.4) is 0 Å². The summed E-state index contributed by atoms with van der Waals surface area (Å²) in [7, 11) is 0. The van der Waals surface area contributed by atoms with E-state index in [1.807, 2.05) is 0 Å². The highest BCUT2D eigenvalue weighted by Crippen LogP contribution is 2.28. The second-order valence-electron chi connectivity index (χ2n) is 6.55. The van der Waals surface area contributed by atoms with Crippen LogP contribution >= 0.6 is 0 Å². The van der Waals surface area contributed by atoms with Gasteiger partial charge in [-0.25, -0.2) is 0 Å². The van der Waals surface area contributed by atoms with Crippen molar-refractivity contribution >= 4 is 24.3 Å². The molecule has 2 aliphatic rings. The zero-order valence-electron chi connectivity index (χ0n) is 13.5. The second-order valence-corrected chi connectivity index (χ2v) is 6.55. The lowest BCUT2D eigenvalue weighted by Gasteiger charge is -2.21. The van der Waals surface area contributed by atoms with Gasteiger partial charge in [0, 0.05) is 16.2 Å². The van der Waals surface area contributed by atoms with Crippen molar-refractivity contribution in [1.29, 1.82) is 0 Å². The Kier molecular flexibility index (Phi) is 3.23. The van der Waals surface area contributed by atoms with Gasteiger partial charge in [-0.05, 0) is 30.6 Å². The van der Waals surface area contributed by atoms with E-state index in [-0.39, 0.29) is 5.41 Å². The first kappa shape index (κ1) is 14.1. The van der Waals surface area contributed by atoms with Gasteiger partial charge in [0.05, 0.1) is 0 Å². The van der Waals surface area contributed by atoms with Gasteiger partial charge in [-0.3, -0.25) is 0 Å². The molecule has 0 bridgehead atoms. The summed E-state index contributed by atoms with van der Waals surface area (Å²) in [6.07, 6.45) is 17.5. The molecule has 1 nitrogen and oxygen atoms in total. The summed E-state index contributed by atoms with van der Waals surface area (Å²) < 4.78 is 6.19. The van der Waals surface area contributed by atoms with Crippen molar-refractivity contribution < 1.29 is 4.42 Å². The van der Waals surface area contributed by atoms with Gasteiger partial charge in [0.15, 0.2) is 0 Å². The highest BCUT2D eigenvalue weighted by Gasteiger charge is 2.23. The number of fused-ring (bicyclic) bond motifs is 3. The summed E-state index contributed by atoms with van der Waals surface area (Å²) >= 11 is 0. The topological polar surface area (TPSA) is 13.1 Å². The first-order valence-corrected chi connectivity index (χ1v) is 8.13. The standard InChI is InChI=1S/C22H20O/c1-16-10-12-19-18-9-6-14-22(2,17-7-4-3-5-8-17)15-21(18)23-20(19)13-11-16/h3-16H,1-2H3. The van der Waals surface area contributed by atoms with Crippen LogP contribution in [0.2, 0.25) is 0 Å². The predicted octanol–water partition coefficient (Wildman–Crippen LogP) is 4.04. The van der Waals surface area contributed by atoms with Gasteiger partial charge in [-0.2, -0.15) is 0 Å². The first-order chi connectivity index (χ1) is 11.2. The zero-order valence-corrected chi connectivity index (χ0v) is 13.5. The predicted molar refractivity (Wildman–Crippen MR) is 97.1 cm³/mol. The highest BCUT2D eigenvalue weighted by atomic mass is 16.3. The van der Waals surface area contributed by atoms with Gasteiger partial charge in [0.1, 0.15) is 11.2 Å². The first-order valence-electron chi connectivity index (χ1n) is 8.13. The molecule has 0 amide bonds. The van der Waals surface area contributed by atoms with Crippen molar-refractivity contribution in [1.82, 2.24) is 0 Å². The second kappa shape index (κ2) is 5.27. The monoisotopic (exact) mass is 300 g/mol. The number of benzene rings is 1. The molecule has 23 heavy (non-hydrogen) atoms. The Labute approximate surface area is 136 Å². The lowest BCUT2D eigenvalue weighted by atomic mass is 9.82. The fourth-order valence-electron chi connectivity index (χ4n) is 3.26. The van der Waals surface area contributed by atoms with Crippen LogP contribution in [0.5, 0.6) is 0 Å². The van der Waals surface area contributed by atoms with E-state index >= 15 is 0 Å². The molecule has 2 aromatic rings. The van der Waals surface area contributed by atoms with Crippen LogP contribution in [0, 0.1) is 5.92 Å². The molecular formula is C22H20O. The quantitative estimate of drug-likeness (QED) is 0.774. The number of rotatable bonds is 1. The molecule has 0 saturated carbocycles. The molecule has 0 fully saturated rings. The summed E-state index contributed by atoms with van der Waals surface area (Å²) in [6, 6.07) is 10.6. The maximum absolute atomic E-state index is 6.19. The van der Waals surface area contributed by atoms with E-state index in [1.165, 1.54) is 16.3 Å². The fraction of sp³-hybridized carbons (Fsp3) is 0.182. The van der Waals surface area contributed by atoms with Crippen LogP contribution in [0.15, 0.2) is 59.1 Å². The van der Waals surface area contributed by atoms with Crippen molar-refractivity contribution in [2.75, 3.05) is 0 Å². The van der Waals surface area contributed by atoms with E-state index in [9.17, 15) is 0 Å². The molecule has 1 aromatic carbocycles. The van der Waals surface area contributed by atoms with Crippen LogP contribution in [0.1, 0.15) is 30.7 Å². The van der Waals surface area contributed by atoms with E-state index in [0.29, 0.717) is 5.92 Å². The number of hydrogen-bond donors (Lipinski definition) is 0. The molecule has 0 aliphatic heterocycles. The average molecular weight is 300 g/mol. The third-order valence-electron chi connectivity index (χ3n) is 4.69. The number of hydrogen-bond acceptors (Lipinski definition) is 1. The van der Waals surface area contributed by atoms with Gasteiger partial charge >= 0.3 is 0 Å². The minimum absolute atomic E-state index is 0.166. The maximum Gasteiger partial charge on any atom is 0.135 e. The van der Waals surface area contributed by atoms with Crippen LogP contribution in [0.4, 0.5) is 0 Å². The molecule has 0 saturated heterocycles. The molecule has 0 spiro atoms. The number of allylic oxidation sites excluding steroid dienone is 4. The lowest BCUT2D eigenvalue weighted by Crippen LogP contribution is -2.26. The fourth-order valence-corrected chi connectivity index (χ4v) is 3.26. The molecule has 1 heterocycles. The molecule has 1 heteroatoms. The molecule has 2 aliphatic carbocycles. The van der Waals surface area contributed by atoms with Crippen molar-refractivity contribution in [2.24, 2.45) is 5.92 Å². The molecule has 2 atom stereocenters. The smallest absolute Gasteiger partial charge is 0.135 e. The van der Waals surface area contributed by atoms with E-state index in [1.54, 1.807) is 0 Å². The average Bonchev–Trinajstić information content (AvgIpc) is 2.68. The van der Waals surface area contributed by atoms with E-state index < -0.39 is 0 Å². The third kappa shape index (κ3) is 2.43. The summed E-state index contributed by atoms with van der Waals surface area (Å²) in [6.45, 7) is 4.41. The summed E-state index contributed by atoms with van der Waals surface area (Å²) in [4.78, 5) is 0. The molecule has 0 N–H and O–H groups in total. The van der Waals surface area contributed by atoms with Crippen molar-refractivity contribution in [3.63, 3.8) is 0 Å². The van der Waals surface area contributed by atoms with Gasteiger partial charge < -0.3 is 4.42 Å². The normalized spacial score (nSPS) is 24.9. The molecule has 2 unspecified atom stereocenters. The zero-order chi connectivity index (χ0) is 15.9. The summed E-state index contributed by atoms with van der Waals surface area (Å²) in [5, 5.41) is 1.17. The molecule has 1 aromatic heterocycles. The van der Waals surface area contributed by atoms with Crippen LogP contribution in [0.25, 0.3) is 24.3 Å². The molecule has 4 rings (SSSR count). The van der Waals surface area contributed by atoms with E-state index in [2.05, 4.69) is 92.8 Å². The molecule has 114 valence electrons. The Morgan fingerprint density at radius 3 is 2.65 bits per heavy atom. The minimum Gasteiger partial charge on any atom is -0.456 e. The highest BCUT2D eigenvalue weighted by molar-refractivity contribution is 5.68. The largest absolute Gasteiger partial charge is 0.456 e. The maximum atomic E-state index is 6.19. The minimum atomic E-state index is -0.166. The Morgan fingerprint density at radius 1 is 1.04 bits per heavy atom. The Bertz CT molecular complexity index is 938. The molecular weight excluding hydrogens is 280 g/mol. The summed E-state index contributed by atoms with van der Waals surface area (Å²) in [5.74, 6) is 1.39. The Balaban J connectivity index is 1.94.